The highest BCUT2D eigenvalue weighted by Gasteiger charge is 2.37. The number of hydrogen-bond acceptors (Lipinski definition) is 4. The molecule has 0 saturated carbocycles. The molecule has 122 valence electrons. The lowest BCUT2D eigenvalue weighted by molar-refractivity contribution is -0.136. The highest BCUT2D eigenvalue weighted by molar-refractivity contribution is 7.10. The van der Waals surface area contributed by atoms with Gasteiger partial charge in [0.05, 0.1) is 18.3 Å². The third-order valence-electron chi connectivity index (χ3n) is 3.70. The van der Waals surface area contributed by atoms with Gasteiger partial charge in [-0.05, 0) is 48.7 Å². The van der Waals surface area contributed by atoms with Crippen LogP contribution in [-0.2, 0) is 14.3 Å². The standard InChI is InChI=1S/C18H14ClNO3S/c1-11-16(18(22)23-2)15(10-14-4-3-9-24-14)17(21)20(11)13-7-5-12(19)6-8-13/h3-10H,1-2H3/b15-10+. The highest BCUT2D eigenvalue weighted by atomic mass is 35.5. The predicted molar refractivity (Wildman–Crippen MR) is 96.0 cm³/mol. The lowest BCUT2D eigenvalue weighted by Crippen LogP contribution is -2.24. The van der Waals surface area contributed by atoms with E-state index in [0.29, 0.717) is 22.0 Å². The number of anilines is 1. The number of thiophene rings is 1. The molecule has 0 N–H and O–H groups in total. The van der Waals surface area contributed by atoms with E-state index < -0.39 is 5.97 Å². The van der Waals surface area contributed by atoms with E-state index in [-0.39, 0.29) is 11.5 Å². The van der Waals surface area contributed by atoms with Gasteiger partial charge in [-0.2, -0.15) is 0 Å². The van der Waals surface area contributed by atoms with Gasteiger partial charge in [-0.15, -0.1) is 11.3 Å². The van der Waals surface area contributed by atoms with E-state index in [4.69, 9.17) is 16.3 Å². The fourth-order valence-corrected chi connectivity index (χ4v) is 3.38. The van der Waals surface area contributed by atoms with Crippen LogP contribution in [0.5, 0.6) is 0 Å². The second-order valence-corrected chi connectivity index (χ2v) is 6.56. The van der Waals surface area contributed by atoms with E-state index >= 15 is 0 Å². The predicted octanol–water partition coefficient (Wildman–Crippen LogP) is 4.28. The Morgan fingerprint density at radius 3 is 2.54 bits per heavy atom. The molecule has 1 amide bonds. The van der Waals surface area contributed by atoms with Gasteiger partial charge in [0.15, 0.2) is 0 Å². The number of hydrogen-bond donors (Lipinski definition) is 0. The van der Waals surface area contributed by atoms with E-state index in [1.807, 2.05) is 17.5 Å². The molecule has 3 rings (SSSR count). The summed E-state index contributed by atoms with van der Waals surface area (Å²) in [6.07, 6.45) is 1.72. The first kappa shape index (κ1) is 16.5. The molecule has 0 aliphatic carbocycles. The Bertz CT molecular complexity index is 851. The highest BCUT2D eigenvalue weighted by Crippen LogP contribution is 2.36. The molecule has 1 aromatic carbocycles. The zero-order valence-electron chi connectivity index (χ0n) is 13.1. The summed E-state index contributed by atoms with van der Waals surface area (Å²) in [7, 11) is 1.31. The van der Waals surface area contributed by atoms with Crippen LogP contribution in [0.3, 0.4) is 0 Å². The number of halogens is 1. The third-order valence-corrected chi connectivity index (χ3v) is 4.78. The second kappa shape index (κ2) is 6.63. The molecular formula is C18H14ClNO3S. The Balaban J connectivity index is 2.12. The Morgan fingerprint density at radius 1 is 1.25 bits per heavy atom. The molecule has 0 atom stereocenters. The van der Waals surface area contributed by atoms with Crippen molar-refractivity contribution in [3.63, 3.8) is 0 Å². The number of carbonyl (C=O) groups is 2. The zero-order valence-corrected chi connectivity index (χ0v) is 14.6. The number of methoxy groups -OCH3 is 1. The van der Waals surface area contributed by atoms with Gasteiger partial charge in [0.2, 0.25) is 0 Å². The maximum absolute atomic E-state index is 12.9. The summed E-state index contributed by atoms with van der Waals surface area (Å²) in [5.41, 5.74) is 1.80. The molecule has 0 radical (unpaired) electrons. The van der Waals surface area contributed by atoms with E-state index in [2.05, 4.69) is 0 Å². The summed E-state index contributed by atoms with van der Waals surface area (Å²) in [4.78, 5) is 27.6. The molecule has 4 nitrogen and oxygen atoms in total. The number of ether oxygens (including phenoxy) is 1. The van der Waals surface area contributed by atoms with E-state index in [1.54, 1.807) is 37.3 Å². The van der Waals surface area contributed by atoms with Gasteiger partial charge in [-0.1, -0.05) is 17.7 Å². The number of carbonyl (C=O) groups excluding carboxylic acids is 2. The van der Waals surface area contributed by atoms with Crippen LogP contribution in [0.4, 0.5) is 5.69 Å². The van der Waals surface area contributed by atoms with Gasteiger partial charge in [0.1, 0.15) is 0 Å². The monoisotopic (exact) mass is 359 g/mol. The van der Waals surface area contributed by atoms with Crippen LogP contribution in [-0.4, -0.2) is 19.0 Å². The molecular weight excluding hydrogens is 346 g/mol. The first-order valence-electron chi connectivity index (χ1n) is 7.17. The van der Waals surface area contributed by atoms with Gasteiger partial charge >= 0.3 is 5.97 Å². The van der Waals surface area contributed by atoms with Gasteiger partial charge in [0, 0.05) is 21.3 Å². The summed E-state index contributed by atoms with van der Waals surface area (Å²) >= 11 is 7.41. The second-order valence-electron chi connectivity index (χ2n) is 5.14. The van der Waals surface area contributed by atoms with Crippen LogP contribution in [0.1, 0.15) is 11.8 Å². The Labute approximate surface area is 148 Å². The molecule has 1 aromatic heterocycles. The largest absolute Gasteiger partial charge is 0.465 e. The molecule has 0 bridgehead atoms. The van der Waals surface area contributed by atoms with E-state index in [9.17, 15) is 9.59 Å². The minimum Gasteiger partial charge on any atom is -0.465 e. The summed E-state index contributed by atoms with van der Waals surface area (Å²) in [5.74, 6) is -0.788. The quantitative estimate of drug-likeness (QED) is 0.607. The number of allylic oxidation sites excluding steroid dienone is 1. The van der Waals surface area contributed by atoms with Crippen LogP contribution < -0.4 is 4.90 Å². The number of nitrogens with zero attached hydrogens (tertiary/aromatic N) is 1. The van der Waals surface area contributed by atoms with Crippen molar-refractivity contribution in [3.8, 4) is 0 Å². The van der Waals surface area contributed by atoms with Crippen LogP contribution in [0, 0.1) is 0 Å². The Hall–Kier alpha value is -2.37. The fraction of sp³-hybridized carbons (Fsp3) is 0.111. The number of rotatable bonds is 3. The molecule has 0 unspecified atom stereocenters. The average molecular weight is 360 g/mol. The van der Waals surface area contributed by atoms with Crippen molar-refractivity contribution in [1.29, 1.82) is 0 Å². The number of benzene rings is 1. The fourth-order valence-electron chi connectivity index (χ4n) is 2.60. The van der Waals surface area contributed by atoms with Gasteiger partial charge in [-0.25, -0.2) is 4.79 Å². The van der Waals surface area contributed by atoms with Crippen LogP contribution in [0.15, 0.2) is 58.6 Å². The molecule has 2 aromatic rings. The number of esters is 1. The lowest BCUT2D eigenvalue weighted by atomic mass is 10.1. The first-order valence-corrected chi connectivity index (χ1v) is 8.43. The number of amides is 1. The summed E-state index contributed by atoms with van der Waals surface area (Å²) in [6.45, 7) is 1.73. The maximum Gasteiger partial charge on any atom is 0.340 e. The maximum atomic E-state index is 12.9. The topological polar surface area (TPSA) is 46.6 Å². The van der Waals surface area contributed by atoms with Crippen molar-refractivity contribution in [2.45, 2.75) is 6.92 Å². The van der Waals surface area contributed by atoms with Crippen molar-refractivity contribution in [3.05, 3.63) is 68.5 Å². The smallest absolute Gasteiger partial charge is 0.340 e. The minimum absolute atomic E-state index is 0.261. The summed E-state index contributed by atoms with van der Waals surface area (Å²) in [6, 6.07) is 10.7. The Kier molecular flexibility index (Phi) is 4.55. The molecule has 1 aliphatic rings. The lowest BCUT2D eigenvalue weighted by Gasteiger charge is -2.17. The van der Waals surface area contributed by atoms with E-state index in [1.165, 1.54) is 23.3 Å². The molecule has 1 aliphatic heterocycles. The normalized spacial score (nSPS) is 16.2. The van der Waals surface area contributed by atoms with Crippen LogP contribution >= 0.6 is 22.9 Å². The SMILES string of the molecule is COC(=O)C1=C(C)N(c2ccc(Cl)cc2)C(=O)/C1=C/c1cccs1. The van der Waals surface area contributed by atoms with Gasteiger partial charge < -0.3 is 4.74 Å². The van der Waals surface area contributed by atoms with Crippen molar-refractivity contribution in [2.75, 3.05) is 12.0 Å². The van der Waals surface area contributed by atoms with Gasteiger partial charge in [-0.3, -0.25) is 9.69 Å². The summed E-state index contributed by atoms with van der Waals surface area (Å²) < 4.78 is 4.87. The molecule has 0 saturated heterocycles. The average Bonchev–Trinajstić information content (AvgIpc) is 3.16. The van der Waals surface area contributed by atoms with Crippen molar-refractivity contribution in [2.24, 2.45) is 0 Å². The van der Waals surface area contributed by atoms with Gasteiger partial charge in [0.25, 0.3) is 5.91 Å². The van der Waals surface area contributed by atoms with Crippen molar-refractivity contribution in [1.82, 2.24) is 0 Å². The molecule has 2 heterocycles. The first-order chi connectivity index (χ1) is 11.5. The molecule has 24 heavy (non-hydrogen) atoms. The minimum atomic E-state index is -0.528. The molecule has 6 heteroatoms. The Morgan fingerprint density at radius 2 is 1.96 bits per heavy atom. The molecule has 0 fully saturated rings. The third kappa shape index (κ3) is 2.88. The zero-order chi connectivity index (χ0) is 17.3. The van der Waals surface area contributed by atoms with E-state index in [0.717, 1.165) is 4.88 Å². The van der Waals surface area contributed by atoms with Crippen molar-refractivity contribution < 1.29 is 14.3 Å². The van der Waals surface area contributed by atoms with Crippen LogP contribution in [0.2, 0.25) is 5.02 Å². The molecule has 0 spiro atoms. The van der Waals surface area contributed by atoms with Crippen molar-refractivity contribution >= 4 is 46.6 Å². The summed E-state index contributed by atoms with van der Waals surface area (Å²) in [5, 5.41) is 2.49. The van der Waals surface area contributed by atoms with Crippen LogP contribution in [0.25, 0.3) is 6.08 Å².